The van der Waals surface area contributed by atoms with E-state index in [0.717, 1.165) is 23.4 Å². The lowest BCUT2D eigenvalue weighted by atomic mass is 9.94. The van der Waals surface area contributed by atoms with Crippen LogP contribution in [0.3, 0.4) is 0 Å². The van der Waals surface area contributed by atoms with Crippen molar-refractivity contribution in [3.63, 3.8) is 0 Å². The molecule has 1 unspecified atom stereocenters. The Morgan fingerprint density at radius 2 is 1.45 bits per heavy atom. The first-order chi connectivity index (χ1) is 9.56. The van der Waals surface area contributed by atoms with E-state index in [1.807, 2.05) is 24.3 Å². The van der Waals surface area contributed by atoms with Crippen LogP contribution in [0.1, 0.15) is 11.1 Å². The molecule has 0 aliphatic rings. The fourth-order valence-electron chi connectivity index (χ4n) is 2.20. The molecule has 4 heteroatoms. The van der Waals surface area contributed by atoms with E-state index in [1.165, 1.54) is 12.1 Å². The molecular formula is C16H14BrClF2. The Labute approximate surface area is 130 Å². The molecule has 0 N–H and O–H groups in total. The highest BCUT2D eigenvalue weighted by Gasteiger charge is 2.11. The van der Waals surface area contributed by atoms with Gasteiger partial charge in [-0.1, -0.05) is 39.7 Å². The summed E-state index contributed by atoms with van der Waals surface area (Å²) in [5, 5.41) is 1.48. The van der Waals surface area contributed by atoms with E-state index < -0.39 is 11.6 Å². The standard InChI is InChI=1S/C16H14BrClF2/c17-10-13(5-11-1-3-14(18)4-2-11)6-12-7-15(19)9-16(20)8-12/h1-4,7-9,13H,5-6,10H2. The lowest BCUT2D eigenvalue weighted by molar-refractivity contribution is 0.560. The second-order valence-corrected chi connectivity index (χ2v) is 5.92. The smallest absolute Gasteiger partial charge is 0.126 e. The highest BCUT2D eigenvalue weighted by atomic mass is 79.9. The summed E-state index contributed by atoms with van der Waals surface area (Å²) in [7, 11) is 0. The van der Waals surface area contributed by atoms with Gasteiger partial charge in [-0.2, -0.15) is 0 Å². The second kappa shape index (κ2) is 7.19. The number of halogens is 4. The average molecular weight is 360 g/mol. The molecule has 2 rings (SSSR count). The number of rotatable bonds is 5. The molecular weight excluding hydrogens is 346 g/mol. The monoisotopic (exact) mass is 358 g/mol. The molecule has 0 saturated carbocycles. The summed E-state index contributed by atoms with van der Waals surface area (Å²) in [6.45, 7) is 0. The van der Waals surface area contributed by atoms with E-state index in [2.05, 4.69) is 15.9 Å². The third-order valence-electron chi connectivity index (χ3n) is 3.10. The zero-order chi connectivity index (χ0) is 14.5. The first-order valence-corrected chi connectivity index (χ1v) is 7.82. The maximum Gasteiger partial charge on any atom is 0.126 e. The van der Waals surface area contributed by atoms with E-state index in [-0.39, 0.29) is 5.92 Å². The van der Waals surface area contributed by atoms with Crippen molar-refractivity contribution in [2.24, 2.45) is 5.92 Å². The largest absolute Gasteiger partial charge is 0.207 e. The zero-order valence-corrected chi connectivity index (χ0v) is 13.1. The van der Waals surface area contributed by atoms with Crippen molar-refractivity contribution in [3.05, 3.63) is 70.2 Å². The van der Waals surface area contributed by atoms with Gasteiger partial charge in [0.15, 0.2) is 0 Å². The van der Waals surface area contributed by atoms with Gasteiger partial charge in [0.2, 0.25) is 0 Å². The van der Waals surface area contributed by atoms with Crippen LogP contribution < -0.4 is 0 Å². The van der Waals surface area contributed by atoms with Crippen LogP contribution in [0.15, 0.2) is 42.5 Å². The Bertz CT molecular complexity index is 549. The maximum atomic E-state index is 13.2. The fourth-order valence-corrected chi connectivity index (χ4v) is 2.78. The third-order valence-corrected chi connectivity index (χ3v) is 4.27. The van der Waals surface area contributed by atoms with Crippen molar-refractivity contribution in [1.82, 2.24) is 0 Å². The zero-order valence-electron chi connectivity index (χ0n) is 10.8. The van der Waals surface area contributed by atoms with Gasteiger partial charge in [-0.05, 0) is 54.2 Å². The molecule has 0 spiro atoms. The summed E-state index contributed by atoms with van der Waals surface area (Å²) in [6, 6.07) is 11.3. The van der Waals surface area contributed by atoms with Crippen LogP contribution in [0.25, 0.3) is 0 Å². The van der Waals surface area contributed by atoms with E-state index in [1.54, 1.807) is 0 Å². The van der Waals surface area contributed by atoms with Crippen molar-refractivity contribution in [2.75, 3.05) is 5.33 Å². The number of hydrogen-bond acceptors (Lipinski definition) is 0. The molecule has 1 atom stereocenters. The molecule has 0 radical (unpaired) electrons. The Morgan fingerprint density at radius 1 is 0.900 bits per heavy atom. The van der Waals surface area contributed by atoms with Crippen LogP contribution in [0.4, 0.5) is 8.78 Å². The van der Waals surface area contributed by atoms with Crippen molar-refractivity contribution < 1.29 is 8.78 Å². The van der Waals surface area contributed by atoms with E-state index in [0.29, 0.717) is 17.0 Å². The minimum atomic E-state index is -0.528. The van der Waals surface area contributed by atoms with Crippen molar-refractivity contribution in [1.29, 1.82) is 0 Å². The van der Waals surface area contributed by atoms with Gasteiger partial charge in [-0.25, -0.2) is 8.78 Å². The minimum Gasteiger partial charge on any atom is -0.207 e. The van der Waals surface area contributed by atoms with Crippen LogP contribution in [0, 0.1) is 17.6 Å². The summed E-state index contributed by atoms with van der Waals surface area (Å²) in [4.78, 5) is 0. The number of alkyl halides is 1. The molecule has 0 bridgehead atoms. The molecule has 106 valence electrons. The van der Waals surface area contributed by atoms with Gasteiger partial charge in [-0.15, -0.1) is 0 Å². The molecule has 0 fully saturated rings. The summed E-state index contributed by atoms with van der Waals surface area (Å²) < 4.78 is 26.4. The lowest BCUT2D eigenvalue weighted by Gasteiger charge is -2.14. The molecule has 0 heterocycles. The highest BCUT2D eigenvalue weighted by molar-refractivity contribution is 9.09. The van der Waals surface area contributed by atoms with Gasteiger partial charge in [0, 0.05) is 16.4 Å². The molecule has 2 aromatic rings. The Morgan fingerprint density at radius 3 is 2.00 bits per heavy atom. The molecule has 0 aliphatic carbocycles. The van der Waals surface area contributed by atoms with E-state index >= 15 is 0 Å². The van der Waals surface area contributed by atoms with Crippen LogP contribution in [-0.2, 0) is 12.8 Å². The summed E-state index contributed by atoms with van der Waals surface area (Å²) >= 11 is 9.32. The molecule has 20 heavy (non-hydrogen) atoms. The quantitative estimate of drug-likeness (QED) is 0.626. The van der Waals surface area contributed by atoms with Crippen molar-refractivity contribution in [3.8, 4) is 0 Å². The predicted octanol–water partition coefficient (Wildman–Crippen LogP) is 5.41. The molecule has 0 nitrogen and oxygen atoms in total. The summed E-state index contributed by atoms with van der Waals surface area (Å²) in [6.07, 6.45) is 1.46. The second-order valence-electron chi connectivity index (χ2n) is 4.83. The predicted molar refractivity (Wildman–Crippen MR) is 82.5 cm³/mol. The van der Waals surface area contributed by atoms with Gasteiger partial charge < -0.3 is 0 Å². The van der Waals surface area contributed by atoms with E-state index in [4.69, 9.17) is 11.6 Å². The van der Waals surface area contributed by atoms with Crippen LogP contribution in [-0.4, -0.2) is 5.33 Å². The number of hydrogen-bond donors (Lipinski definition) is 0. The first kappa shape index (κ1) is 15.5. The molecule has 0 aromatic heterocycles. The normalized spacial score (nSPS) is 12.4. The Balaban J connectivity index is 2.06. The summed E-state index contributed by atoms with van der Waals surface area (Å²) in [5.41, 5.74) is 1.84. The fraction of sp³-hybridized carbons (Fsp3) is 0.250. The van der Waals surface area contributed by atoms with Crippen molar-refractivity contribution >= 4 is 27.5 Å². The third kappa shape index (κ3) is 4.57. The molecule has 0 amide bonds. The number of benzene rings is 2. The van der Waals surface area contributed by atoms with Crippen LogP contribution >= 0.6 is 27.5 Å². The van der Waals surface area contributed by atoms with Crippen LogP contribution in [0.2, 0.25) is 5.02 Å². The van der Waals surface area contributed by atoms with Gasteiger partial charge >= 0.3 is 0 Å². The summed E-state index contributed by atoms with van der Waals surface area (Å²) in [5.74, 6) is -0.781. The minimum absolute atomic E-state index is 0.275. The van der Waals surface area contributed by atoms with E-state index in [9.17, 15) is 8.78 Å². The molecule has 2 aromatic carbocycles. The topological polar surface area (TPSA) is 0 Å². The molecule has 0 aliphatic heterocycles. The van der Waals surface area contributed by atoms with Gasteiger partial charge in [0.05, 0.1) is 0 Å². The maximum absolute atomic E-state index is 13.2. The Hall–Kier alpha value is -0.930. The average Bonchev–Trinajstić information content (AvgIpc) is 2.39. The first-order valence-electron chi connectivity index (χ1n) is 6.32. The van der Waals surface area contributed by atoms with Crippen molar-refractivity contribution in [2.45, 2.75) is 12.8 Å². The molecule has 0 saturated heterocycles. The SMILES string of the molecule is Fc1cc(F)cc(CC(CBr)Cc2ccc(Cl)cc2)c1. The van der Waals surface area contributed by atoms with Gasteiger partial charge in [0.25, 0.3) is 0 Å². The van der Waals surface area contributed by atoms with Gasteiger partial charge in [0.1, 0.15) is 11.6 Å². The lowest BCUT2D eigenvalue weighted by Crippen LogP contribution is -2.10. The highest BCUT2D eigenvalue weighted by Crippen LogP contribution is 2.20. The van der Waals surface area contributed by atoms with Crippen LogP contribution in [0.5, 0.6) is 0 Å². The Kier molecular flexibility index (Phi) is 5.55. The van der Waals surface area contributed by atoms with Gasteiger partial charge in [-0.3, -0.25) is 0 Å².